The van der Waals surface area contributed by atoms with Crippen molar-refractivity contribution >= 4 is 69.4 Å². The SMILES string of the molecule is CC(=O)CC(=O)OCC1=C(C(=O)O)N2C(=O)[C@@H](NC(=O)/C(=N\OC(C)(C)C(=O)OC(C)(C)C)c3csc(NC(c4ccccc4)(c4ccccc4)c4ccccc4)n3)[C@H]2SC1. The van der Waals surface area contributed by atoms with Gasteiger partial charge in [0.15, 0.2) is 10.8 Å². The third kappa shape index (κ3) is 9.84. The number of esters is 2. The molecule has 6 rings (SSSR count). The Hall–Kier alpha value is -6.33. The number of oxime groups is 1. The van der Waals surface area contributed by atoms with Gasteiger partial charge in [-0.15, -0.1) is 23.1 Å². The number of anilines is 1. The molecule has 3 heterocycles. The summed E-state index contributed by atoms with van der Waals surface area (Å²) in [6, 6.07) is 28.3. The molecule has 0 aliphatic carbocycles. The van der Waals surface area contributed by atoms with Crippen molar-refractivity contribution in [3.05, 3.63) is 130 Å². The highest BCUT2D eigenvalue weighted by atomic mass is 32.2. The van der Waals surface area contributed by atoms with Gasteiger partial charge in [-0.2, -0.15) is 0 Å². The smallest absolute Gasteiger partial charge is 0.353 e. The third-order valence-electron chi connectivity index (χ3n) is 9.47. The van der Waals surface area contributed by atoms with Crippen LogP contribution in [0.2, 0.25) is 0 Å². The lowest BCUT2D eigenvalue weighted by molar-refractivity contribution is -0.179. The van der Waals surface area contributed by atoms with Gasteiger partial charge in [0.05, 0.1) is 0 Å². The summed E-state index contributed by atoms with van der Waals surface area (Å²) in [5.74, 6) is -4.99. The number of ketones is 1. The molecule has 0 spiro atoms. The number of β-lactam (4-membered cyclic amide) rings is 1. The monoisotopic (exact) mass is 867 g/mol. The normalized spacial score (nSPS) is 16.8. The number of carboxylic acids is 1. The number of aromatic nitrogens is 1. The van der Waals surface area contributed by atoms with Crippen LogP contribution in [-0.4, -0.2) is 91.2 Å². The highest BCUT2D eigenvalue weighted by molar-refractivity contribution is 8.00. The molecule has 61 heavy (non-hydrogen) atoms. The van der Waals surface area contributed by atoms with Gasteiger partial charge in [-0.1, -0.05) is 96.2 Å². The number of thiazole rings is 1. The average molecular weight is 868 g/mol. The number of hydrogen-bond donors (Lipinski definition) is 3. The van der Waals surface area contributed by atoms with Crippen LogP contribution in [0.15, 0.2) is 113 Å². The van der Waals surface area contributed by atoms with Crippen molar-refractivity contribution in [2.24, 2.45) is 5.16 Å². The van der Waals surface area contributed by atoms with E-state index in [4.69, 9.17) is 19.3 Å². The number of hydrogen-bond acceptors (Lipinski definition) is 14. The number of ether oxygens (including phenoxy) is 2. The molecule has 3 aromatic carbocycles. The van der Waals surface area contributed by atoms with Crippen LogP contribution < -0.4 is 10.6 Å². The van der Waals surface area contributed by atoms with Crippen molar-refractivity contribution in [2.75, 3.05) is 17.7 Å². The summed E-state index contributed by atoms with van der Waals surface area (Å²) < 4.78 is 10.6. The molecule has 1 saturated heterocycles. The van der Waals surface area contributed by atoms with Gasteiger partial charge in [-0.05, 0) is 58.2 Å². The third-order valence-corrected chi connectivity index (χ3v) is 11.6. The average Bonchev–Trinajstić information content (AvgIpc) is 3.68. The van der Waals surface area contributed by atoms with E-state index in [0.29, 0.717) is 5.13 Å². The van der Waals surface area contributed by atoms with Gasteiger partial charge in [-0.3, -0.25) is 24.1 Å². The molecule has 0 bridgehead atoms. The quantitative estimate of drug-likeness (QED) is 0.0312. The van der Waals surface area contributed by atoms with E-state index in [-0.39, 0.29) is 28.4 Å². The number of nitrogens with zero attached hydrogens (tertiary/aromatic N) is 3. The van der Waals surface area contributed by atoms with E-state index >= 15 is 0 Å². The predicted octanol–water partition coefficient (Wildman–Crippen LogP) is 5.65. The van der Waals surface area contributed by atoms with Crippen LogP contribution in [0.3, 0.4) is 0 Å². The molecule has 1 fully saturated rings. The van der Waals surface area contributed by atoms with E-state index in [0.717, 1.165) is 33.4 Å². The van der Waals surface area contributed by atoms with Gasteiger partial charge in [0, 0.05) is 16.7 Å². The van der Waals surface area contributed by atoms with Gasteiger partial charge in [0.1, 0.15) is 52.8 Å². The van der Waals surface area contributed by atoms with Crippen molar-refractivity contribution in [3.63, 3.8) is 0 Å². The molecule has 2 amide bonds. The van der Waals surface area contributed by atoms with Crippen LogP contribution in [-0.2, 0) is 48.6 Å². The van der Waals surface area contributed by atoms with Gasteiger partial charge in [-0.25, -0.2) is 14.6 Å². The number of fused-ring (bicyclic) bond motifs is 1. The molecule has 2 atom stereocenters. The first-order valence-electron chi connectivity index (χ1n) is 19.2. The summed E-state index contributed by atoms with van der Waals surface area (Å²) in [6.45, 7) is 8.75. The first kappa shape index (κ1) is 44.2. The van der Waals surface area contributed by atoms with E-state index in [9.17, 15) is 33.9 Å². The van der Waals surface area contributed by atoms with Crippen molar-refractivity contribution in [2.45, 2.75) is 76.1 Å². The van der Waals surface area contributed by atoms with Gasteiger partial charge in [0.25, 0.3) is 11.8 Å². The highest BCUT2D eigenvalue weighted by Crippen LogP contribution is 2.42. The lowest BCUT2D eigenvalue weighted by Crippen LogP contribution is -2.71. The zero-order valence-corrected chi connectivity index (χ0v) is 35.9. The Balaban J connectivity index is 1.33. The maximum atomic E-state index is 14.3. The molecular weight excluding hydrogens is 823 g/mol. The highest BCUT2D eigenvalue weighted by Gasteiger charge is 2.54. The van der Waals surface area contributed by atoms with E-state index in [1.165, 1.54) is 32.1 Å². The number of carbonyl (C=O) groups excluding carboxylic acids is 5. The second kappa shape index (κ2) is 18.1. The summed E-state index contributed by atoms with van der Waals surface area (Å²) >= 11 is 2.34. The molecule has 318 valence electrons. The van der Waals surface area contributed by atoms with Crippen LogP contribution in [0.1, 0.15) is 70.3 Å². The molecule has 4 aromatic rings. The Morgan fingerprint density at radius 2 is 1.44 bits per heavy atom. The summed E-state index contributed by atoms with van der Waals surface area (Å²) in [4.78, 5) is 88.4. The van der Waals surface area contributed by atoms with Crippen molar-refractivity contribution in [1.82, 2.24) is 15.2 Å². The second-order valence-electron chi connectivity index (χ2n) is 15.7. The maximum absolute atomic E-state index is 14.3. The molecule has 3 N–H and O–H groups in total. The molecule has 0 unspecified atom stereocenters. The second-order valence-corrected chi connectivity index (χ2v) is 17.7. The summed E-state index contributed by atoms with van der Waals surface area (Å²) in [6.07, 6.45) is -0.477. The van der Waals surface area contributed by atoms with E-state index in [2.05, 4.69) is 15.8 Å². The molecule has 15 nitrogen and oxygen atoms in total. The predicted molar refractivity (Wildman–Crippen MR) is 228 cm³/mol. The van der Waals surface area contributed by atoms with Crippen LogP contribution in [0.5, 0.6) is 0 Å². The van der Waals surface area contributed by atoms with Crippen molar-refractivity contribution in [3.8, 4) is 0 Å². The molecular formula is C44H45N5O10S2. The molecule has 0 saturated carbocycles. The zero-order chi connectivity index (χ0) is 44.1. The fourth-order valence-corrected chi connectivity index (χ4v) is 8.69. The number of nitrogens with one attached hydrogen (secondary N) is 2. The van der Waals surface area contributed by atoms with Crippen molar-refractivity contribution in [1.29, 1.82) is 0 Å². The first-order valence-corrected chi connectivity index (χ1v) is 21.1. The number of amides is 2. The van der Waals surface area contributed by atoms with Crippen LogP contribution in [0.4, 0.5) is 5.13 Å². The number of Topliss-reactive ketones (excluding diaryl/α,β-unsaturated/α-hetero) is 1. The maximum Gasteiger partial charge on any atom is 0.353 e. The lowest BCUT2D eigenvalue weighted by Gasteiger charge is -2.49. The number of rotatable bonds is 16. The van der Waals surface area contributed by atoms with Gasteiger partial charge >= 0.3 is 17.9 Å². The minimum Gasteiger partial charge on any atom is -0.477 e. The molecule has 17 heteroatoms. The summed E-state index contributed by atoms with van der Waals surface area (Å²) in [5, 5.41) is 21.7. The van der Waals surface area contributed by atoms with E-state index < -0.39 is 76.7 Å². The van der Waals surface area contributed by atoms with E-state index in [1.54, 1.807) is 26.2 Å². The minimum absolute atomic E-state index is 0.0498. The zero-order valence-electron chi connectivity index (χ0n) is 34.3. The topological polar surface area (TPSA) is 203 Å². The summed E-state index contributed by atoms with van der Waals surface area (Å²) in [5.41, 5.74) is -1.31. The van der Waals surface area contributed by atoms with E-state index in [1.807, 2.05) is 91.0 Å². The molecule has 1 aromatic heterocycles. The summed E-state index contributed by atoms with van der Waals surface area (Å²) in [7, 11) is 0. The minimum atomic E-state index is -1.67. The number of carbonyl (C=O) groups is 6. The fourth-order valence-electron chi connectivity index (χ4n) is 6.61. The van der Waals surface area contributed by atoms with Crippen LogP contribution in [0, 0.1) is 0 Å². The standard InChI is InChI=1S/C44H45N5O10S2/c1-26(50)22-32(51)57-23-27-24-60-38-34(37(53)49(38)35(27)39(54)55)46-36(52)33(48-59-43(5,6)40(56)58-42(2,3)4)31-25-61-41(45-31)47-44(28-16-10-7-11-17-28,29-18-12-8-13-19-29)30-20-14-9-15-21-30/h7-21,25,34,38H,22-24H2,1-6H3,(H,45,47)(H,46,52)(H,54,55)/b48-33-/t34-,38-/m1/s1. The Bertz CT molecular complexity index is 2280. The molecule has 2 aliphatic rings. The van der Waals surface area contributed by atoms with Crippen LogP contribution in [0.25, 0.3) is 0 Å². The fraction of sp³-hybridized carbons (Fsp3) is 0.318. The Labute approximate surface area is 360 Å². The number of benzene rings is 3. The Morgan fingerprint density at radius 3 is 1.95 bits per heavy atom. The Morgan fingerprint density at radius 1 is 0.885 bits per heavy atom. The number of carboxylic acid groups (broad SMARTS) is 1. The van der Waals surface area contributed by atoms with Gasteiger partial charge in [0.2, 0.25) is 5.60 Å². The number of aliphatic carboxylic acids is 1. The van der Waals surface area contributed by atoms with Crippen molar-refractivity contribution < 1.29 is 48.2 Å². The Kier molecular flexibility index (Phi) is 13.1. The van der Waals surface area contributed by atoms with Gasteiger partial charge < -0.3 is 30.1 Å². The number of thioether (sulfide) groups is 1. The van der Waals surface area contributed by atoms with Crippen LogP contribution >= 0.6 is 23.1 Å². The molecule has 0 radical (unpaired) electrons. The first-order chi connectivity index (χ1) is 28.9. The molecule has 2 aliphatic heterocycles. The largest absolute Gasteiger partial charge is 0.477 e. The lowest BCUT2D eigenvalue weighted by atomic mass is 9.77.